The predicted molar refractivity (Wildman–Crippen MR) is 69.7 cm³/mol. The molecule has 1 aliphatic carbocycles. The summed E-state index contributed by atoms with van der Waals surface area (Å²) in [5, 5.41) is 3.06. The van der Waals surface area contributed by atoms with Gasteiger partial charge < -0.3 is 10.2 Å². The van der Waals surface area contributed by atoms with Gasteiger partial charge in [0.25, 0.3) is 0 Å². The molecule has 0 amide bonds. The Morgan fingerprint density at radius 3 is 2.39 bits per heavy atom. The van der Waals surface area contributed by atoms with Gasteiger partial charge in [0.1, 0.15) is 17.3 Å². The van der Waals surface area contributed by atoms with Crippen molar-refractivity contribution in [1.29, 1.82) is 0 Å². The van der Waals surface area contributed by atoms with Crippen LogP contribution in [0.25, 0.3) is 0 Å². The van der Waals surface area contributed by atoms with Crippen LogP contribution >= 0.6 is 0 Å². The number of halogens is 2. The number of nitrogens with one attached hydrogen (secondary N) is 1. The van der Waals surface area contributed by atoms with Crippen LogP contribution in [0.3, 0.4) is 0 Å². The maximum absolute atomic E-state index is 14.0. The van der Waals surface area contributed by atoms with E-state index in [0.29, 0.717) is 18.0 Å². The van der Waals surface area contributed by atoms with E-state index in [9.17, 15) is 8.78 Å². The first-order valence-corrected chi connectivity index (χ1v) is 6.51. The third-order valence-corrected chi connectivity index (χ3v) is 3.27. The van der Waals surface area contributed by atoms with Crippen LogP contribution in [-0.2, 0) is 6.54 Å². The maximum Gasteiger partial charge on any atom is 0.149 e. The zero-order valence-corrected chi connectivity index (χ0v) is 11.0. The first kappa shape index (κ1) is 13.3. The molecule has 4 heteroatoms. The van der Waals surface area contributed by atoms with Gasteiger partial charge in [0.2, 0.25) is 0 Å². The van der Waals surface area contributed by atoms with Gasteiger partial charge in [-0.05, 0) is 43.0 Å². The number of hydrogen-bond donors (Lipinski definition) is 1. The normalized spacial score (nSPS) is 14.9. The third kappa shape index (κ3) is 3.19. The molecular formula is C14H20F2N2. The van der Waals surface area contributed by atoms with E-state index in [1.807, 2.05) is 6.92 Å². The molecule has 2 rings (SSSR count). The third-order valence-electron chi connectivity index (χ3n) is 3.27. The van der Waals surface area contributed by atoms with Crippen LogP contribution in [0.2, 0.25) is 0 Å². The van der Waals surface area contributed by atoms with Gasteiger partial charge in [-0.25, -0.2) is 8.78 Å². The van der Waals surface area contributed by atoms with Crippen molar-refractivity contribution in [2.45, 2.75) is 26.3 Å². The molecule has 1 aromatic rings. The van der Waals surface area contributed by atoms with E-state index < -0.39 is 11.6 Å². The van der Waals surface area contributed by atoms with E-state index in [2.05, 4.69) is 5.32 Å². The number of benzene rings is 1. The summed E-state index contributed by atoms with van der Waals surface area (Å²) in [6.45, 7) is 3.98. The SMILES string of the molecule is CCNCc1cc(F)c(N(C)CC2CC2)c(F)c1. The van der Waals surface area contributed by atoms with Crippen molar-refractivity contribution in [2.24, 2.45) is 5.92 Å². The minimum atomic E-state index is -0.467. The summed E-state index contributed by atoms with van der Waals surface area (Å²) < 4.78 is 27.9. The van der Waals surface area contributed by atoms with E-state index in [-0.39, 0.29) is 5.69 Å². The van der Waals surface area contributed by atoms with Gasteiger partial charge in [-0.15, -0.1) is 0 Å². The van der Waals surface area contributed by atoms with Gasteiger partial charge in [-0.3, -0.25) is 0 Å². The fourth-order valence-electron chi connectivity index (χ4n) is 2.13. The highest BCUT2D eigenvalue weighted by Gasteiger charge is 2.25. The van der Waals surface area contributed by atoms with Crippen LogP contribution < -0.4 is 10.2 Å². The molecule has 0 aromatic heterocycles. The number of nitrogens with zero attached hydrogens (tertiary/aromatic N) is 1. The highest BCUT2D eigenvalue weighted by Crippen LogP contribution is 2.32. The molecule has 0 radical (unpaired) electrons. The van der Waals surface area contributed by atoms with Crippen molar-refractivity contribution in [2.75, 3.05) is 25.0 Å². The van der Waals surface area contributed by atoms with Crippen LogP contribution in [0.5, 0.6) is 0 Å². The molecular weight excluding hydrogens is 234 g/mol. The molecule has 1 fully saturated rings. The van der Waals surface area contributed by atoms with Crippen molar-refractivity contribution in [3.63, 3.8) is 0 Å². The Labute approximate surface area is 107 Å². The smallest absolute Gasteiger partial charge is 0.149 e. The van der Waals surface area contributed by atoms with E-state index in [1.54, 1.807) is 11.9 Å². The Morgan fingerprint density at radius 2 is 1.89 bits per heavy atom. The van der Waals surface area contributed by atoms with Crippen molar-refractivity contribution in [1.82, 2.24) is 5.32 Å². The average molecular weight is 254 g/mol. The summed E-state index contributed by atoms with van der Waals surface area (Å²) in [6.07, 6.45) is 2.35. The van der Waals surface area contributed by atoms with Crippen LogP contribution in [-0.4, -0.2) is 20.1 Å². The summed E-state index contributed by atoms with van der Waals surface area (Å²) in [7, 11) is 1.75. The van der Waals surface area contributed by atoms with Crippen LogP contribution in [0.4, 0.5) is 14.5 Å². The first-order valence-electron chi connectivity index (χ1n) is 6.51. The zero-order chi connectivity index (χ0) is 13.1. The molecule has 1 aromatic carbocycles. The average Bonchev–Trinajstić information content (AvgIpc) is 3.09. The van der Waals surface area contributed by atoms with Crippen molar-refractivity contribution >= 4 is 5.69 Å². The molecule has 0 atom stereocenters. The molecule has 1 aliphatic rings. The summed E-state index contributed by atoms with van der Waals surface area (Å²) in [4.78, 5) is 1.69. The fourth-order valence-corrected chi connectivity index (χ4v) is 2.13. The lowest BCUT2D eigenvalue weighted by atomic mass is 10.1. The summed E-state index contributed by atoms with van der Waals surface area (Å²) in [5.74, 6) is -0.327. The monoisotopic (exact) mass is 254 g/mol. The fraction of sp³-hybridized carbons (Fsp3) is 0.571. The van der Waals surface area contributed by atoms with E-state index in [1.165, 1.54) is 25.0 Å². The van der Waals surface area contributed by atoms with Crippen LogP contribution in [0, 0.1) is 17.6 Å². The lowest BCUT2D eigenvalue weighted by Gasteiger charge is -2.21. The second-order valence-electron chi connectivity index (χ2n) is 5.01. The Bertz CT molecular complexity index is 393. The lowest BCUT2D eigenvalue weighted by Crippen LogP contribution is -2.23. The first-order chi connectivity index (χ1) is 8.61. The minimum Gasteiger partial charge on any atom is -0.370 e. The molecule has 100 valence electrons. The summed E-state index contributed by atoms with van der Waals surface area (Å²) >= 11 is 0. The van der Waals surface area contributed by atoms with E-state index in [4.69, 9.17) is 0 Å². The molecule has 0 bridgehead atoms. The maximum atomic E-state index is 14.0. The molecule has 0 heterocycles. The molecule has 0 spiro atoms. The Kier molecular flexibility index (Phi) is 4.17. The van der Waals surface area contributed by atoms with Gasteiger partial charge in [0, 0.05) is 20.1 Å². The second-order valence-corrected chi connectivity index (χ2v) is 5.01. The predicted octanol–water partition coefficient (Wildman–Crippen LogP) is 2.92. The standard InChI is InChI=1S/C14H20F2N2/c1-3-17-8-11-6-12(15)14(13(16)7-11)18(2)9-10-4-5-10/h6-7,10,17H,3-5,8-9H2,1-2H3. The molecule has 2 nitrogen and oxygen atoms in total. The van der Waals surface area contributed by atoms with Crippen molar-refractivity contribution in [3.8, 4) is 0 Å². The quantitative estimate of drug-likeness (QED) is 0.839. The molecule has 0 aliphatic heterocycles. The Morgan fingerprint density at radius 1 is 1.28 bits per heavy atom. The molecule has 0 saturated heterocycles. The molecule has 1 saturated carbocycles. The second kappa shape index (κ2) is 5.65. The summed E-state index contributed by atoms with van der Waals surface area (Å²) in [5.41, 5.74) is 0.748. The van der Waals surface area contributed by atoms with Gasteiger partial charge >= 0.3 is 0 Å². The highest BCUT2D eigenvalue weighted by molar-refractivity contribution is 5.50. The topological polar surface area (TPSA) is 15.3 Å². The Balaban J connectivity index is 2.14. The van der Waals surface area contributed by atoms with Crippen LogP contribution in [0.1, 0.15) is 25.3 Å². The van der Waals surface area contributed by atoms with E-state index in [0.717, 1.165) is 13.1 Å². The molecule has 0 unspecified atom stereocenters. The van der Waals surface area contributed by atoms with Gasteiger partial charge in [-0.1, -0.05) is 6.92 Å². The molecule has 18 heavy (non-hydrogen) atoms. The molecule has 1 N–H and O–H groups in total. The van der Waals surface area contributed by atoms with Gasteiger partial charge in [0.15, 0.2) is 0 Å². The van der Waals surface area contributed by atoms with Gasteiger partial charge in [-0.2, -0.15) is 0 Å². The number of anilines is 1. The van der Waals surface area contributed by atoms with E-state index >= 15 is 0 Å². The largest absolute Gasteiger partial charge is 0.370 e. The Hall–Kier alpha value is -1.16. The lowest BCUT2D eigenvalue weighted by molar-refractivity contribution is 0.567. The number of rotatable bonds is 6. The summed E-state index contributed by atoms with van der Waals surface area (Å²) in [6, 6.07) is 2.84. The van der Waals surface area contributed by atoms with Gasteiger partial charge in [0.05, 0.1) is 0 Å². The zero-order valence-electron chi connectivity index (χ0n) is 11.0. The van der Waals surface area contributed by atoms with Crippen LogP contribution in [0.15, 0.2) is 12.1 Å². The number of hydrogen-bond acceptors (Lipinski definition) is 2. The van der Waals surface area contributed by atoms with Crippen molar-refractivity contribution < 1.29 is 8.78 Å². The highest BCUT2D eigenvalue weighted by atomic mass is 19.1. The van der Waals surface area contributed by atoms with Crippen molar-refractivity contribution in [3.05, 3.63) is 29.3 Å². The minimum absolute atomic E-state index is 0.0992.